The van der Waals surface area contributed by atoms with Crippen LogP contribution in [-0.4, -0.2) is 9.78 Å². The van der Waals surface area contributed by atoms with E-state index in [-0.39, 0.29) is 0 Å². The molecule has 0 saturated heterocycles. The maximum atomic E-state index is 4.73. The number of para-hydroxylation sites is 1. The number of hydrogen-bond acceptors (Lipinski definition) is 1. The molecule has 0 aliphatic rings. The van der Waals surface area contributed by atoms with E-state index in [0.717, 1.165) is 11.4 Å². The summed E-state index contributed by atoms with van der Waals surface area (Å²) >= 11 is 0. The van der Waals surface area contributed by atoms with Crippen molar-refractivity contribution >= 4 is 0 Å². The Kier molecular flexibility index (Phi) is 3.84. The first-order chi connectivity index (χ1) is 10.6. The molecule has 2 aromatic carbocycles. The van der Waals surface area contributed by atoms with Gasteiger partial charge in [-0.2, -0.15) is 5.10 Å². The van der Waals surface area contributed by atoms with Gasteiger partial charge in [0.15, 0.2) is 0 Å². The predicted molar refractivity (Wildman–Crippen MR) is 92.6 cm³/mol. The molecule has 0 unspecified atom stereocenters. The van der Waals surface area contributed by atoms with E-state index in [1.165, 1.54) is 22.4 Å². The van der Waals surface area contributed by atoms with E-state index < -0.39 is 0 Å². The van der Waals surface area contributed by atoms with Crippen molar-refractivity contribution in [1.82, 2.24) is 9.78 Å². The standard InChI is InChI=1S/C20H22N2/c1-14(2)17-10-12-18(13-11-17)20-15(3)21-22(16(20)4)19-8-6-5-7-9-19/h5-14H,1-4H3. The summed E-state index contributed by atoms with van der Waals surface area (Å²) in [5.41, 5.74) is 7.20. The molecule has 0 amide bonds. The van der Waals surface area contributed by atoms with Crippen molar-refractivity contribution in [2.45, 2.75) is 33.6 Å². The minimum absolute atomic E-state index is 0.559. The van der Waals surface area contributed by atoms with Gasteiger partial charge in [-0.05, 0) is 43.0 Å². The number of aromatic nitrogens is 2. The van der Waals surface area contributed by atoms with Gasteiger partial charge in [0.2, 0.25) is 0 Å². The van der Waals surface area contributed by atoms with Gasteiger partial charge in [0.25, 0.3) is 0 Å². The summed E-state index contributed by atoms with van der Waals surface area (Å²) in [5.74, 6) is 0.559. The average molecular weight is 290 g/mol. The Bertz CT molecular complexity index is 765. The van der Waals surface area contributed by atoms with Crippen molar-refractivity contribution in [2.24, 2.45) is 0 Å². The molecule has 0 bridgehead atoms. The summed E-state index contributed by atoms with van der Waals surface area (Å²) in [4.78, 5) is 0. The van der Waals surface area contributed by atoms with Gasteiger partial charge in [-0.3, -0.25) is 0 Å². The number of rotatable bonds is 3. The Labute approximate surface area is 132 Å². The maximum absolute atomic E-state index is 4.73. The predicted octanol–water partition coefficient (Wildman–Crippen LogP) is 5.28. The molecule has 3 rings (SSSR count). The zero-order valence-corrected chi connectivity index (χ0v) is 13.7. The summed E-state index contributed by atoms with van der Waals surface area (Å²) in [6.45, 7) is 8.66. The summed E-state index contributed by atoms with van der Waals surface area (Å²) < 4.78 is 2.03. The lowest BCUT2D eigenvalue weighted by molar-refractivity contribution is 0.834. The Balaban J connectivity index is 2.07. The van der Waals surface area contributed by atoms with Gasteiger partial charge in [0, 0.05) is 11.3 Å². The molecule has 2 nitrogen and oxygen atoms in total. The van der Waals surface area contributed by atoms with Crippen LogP contribution >= 0.6 is 0 Å². The highest BCUT2D eigenvalue weighted by atomic mass is 15.3. The fourth-order valence-corrected chi connectivity index (χ4v) is 2.92. The fraction of sp³-hybridized carbons (Fsp3) is 0.250. The van der Waals surface area contributed by atoms with Crippen LogP contribution in [0.15, 0.2) is 54.6 Å². The van der Waals surface area contributed by atoms with Gasteiger partial charge in [-0.1, -0.05) is 56.3 Å². The van der Waals surface area contributed by atoms with Gasteiger partial charge >= 0.3 is 0 Å². The molecule has 1 aromatic heterocycles. The third kappa shape index (κ3) is 2.57. The lowest BCUT2D eigenvalue weighted by Gasteiger charge is -2.08. The quantitative estimate of drug-likeness (QED) is 0.641. The van der Waals surface area contributed by atoms with Crippen molar-refractivity contribution in [3.63, 3.8) is 0 Å². The summed E-state index contributed by atoms with van der Waals surface area (Å²) in [7, 11) is 0. The topological polar surface area (TPSA) is 17.8 Å². The number of aryl methyl sites for hydroxylation is 1. The molecule has 0 N–H and O–H groups in total. The molecule has 0 fully saturated rings. The van der Waals surface area contributed by atoms with Gasteiger partial charge < -0.3 is 0 Å². The zero-order chi connectivity index (χ0) is 15.7. The lowest BCUT2D eigenvalue weighted by Crippen LogP contribution is -1.98. The number of hydrogen-bond donors (Lipinski definition) is 0. The molecular weight excluding hydrogens is 268 g/mol. The average Bonchev–Trinajstić information content (AvgIpc) is 2.83. The summed E-state index contributed by atoms with van der Waals surface area (Å²) in [6.07, 6.45) is 0. The minimum atomic E-state index is 0.559. The lowest BCUT2D eigenvalue weighted by atomic mass is 9.98. The summed E-state index contributed by atoms with van der Waals surface area (Å²) in [6, 6.07) is 19.2. The Morgan fingerprint density at radius 2 is 1.50 bits per heavy atom. The van der Waals surface area contributed by atoms with Crippen LogP contribution < -0.4 is 0 Å². The highest BCUT2D eigenvalue weighted by Crippen LogP contribution is 2.29. The molecule has 2 heteroatoms. The normalized spacial score (nSPS) is 11.1. The second kappa shape index (κ2) is 5.80. The highest BCUT2D eigenvalue weighted by Gasteiger charge is 2.14. The first-order valence-electron chi connectivity index (χ1n) is 7.80. The molecule has 0 aliphatic carbocycles. The molecule has 0 saturated carbocycles. The monoisotopic (exact) mass is 290 g/mol. The van der Waals surface area contributed by atoms with Gasteiger partial charge in [-0.25, -0.2) is 4.68 Å². The minimum Gasteiger partial charge on any atom is -0.237 e. The zero-order valence-electron chi connectivity index (χ0n) is 13.7. The van der Waals surface area contributed by atoms with Crippen LogP contribution in [0.3, 0.4) is 0 Å². The first kappa shape index (κ1) is 14.6. The molecule has 112 valence electrons. The van der Waals surface area contributed by atoms with Gasteiger partial charge in [-0.15, -0.1) is 0 Å². The Morgan fingerprint density at radius 3 is 2.09 bits per heavy atom. The van der Waals surface area contributed by atoms with E-state index in [1.807, 2.05) is 22.9 Å². The van der Waals surface area contributed by atoms with Crippen LogP contribution in [0.5, 0.6) is 0 Å². The van der Waals surface area contributed by atoms with Crippen LogP contribution in [0.2, 0.25) is 0 Å². The van der Waals surface area contributed by atoms with E-state index in [4.69, 9.17) is 5.10 Å². The molecule has 0 spiro atoms. The SMILES string of the molecule is Cc1nn(-c2ccccc2)c(C)c1-c1ccc(C(C)C)cc1. The van der Waals surface area contributed by atoms with Crippen LogP contribution in [0, 0.1) is 13.8 Å². The van der Waals surface area contributed by atoms with Gasteiger partial charge in [0.05, 0.1) is 11.4 Å². The molecule has 22 heavy (non-hydrogen) atoms. The van der Waals surface area contributed by atoms with E-state index in [0.29, 0.717) is 5.92 Å². The third-order valence-corrected chi connectivity index (χ3v) is 4.16. The van der Waals surface area contributed by atoms with Crippen molar-refractivity contribution in [3.8, 4) is 16.8 Å². The maximum Gasteiger partial charge on any atom is 0.0679 e. The van der Waals surface area contributed by atoms with Crippen LogP contribution in [-0.2, 0) is 0 Å². The van der Waals surface area contributed by atoms with Crippen molar-refractivity contribution in [3.05, 3.63) is 71.5 Å². The second-order valence-electron chi connectivity index (χ2n) is 6.07. The second-order valence-corrected chi connectivity index (χ2v) is 6.07. The number of nitrogens with zero attached hydrogens (tertiary/aromatic N) is 2. The van der Waals surface area contributed by atoms with Crippen molar-refractivity contribution in [1.29, 1.82) is 0 Å². The van der Waals surface area contributed by atoms with Gasteiger partial charge in [0.1, 0.15) is 0 Å². The molecule has 3 aromatic rings. The van der Waals surface area contributed by atoms with E-state index in [1.54, 1.807) is 0 Å². The number of benzene rings is 2. The van der Waals surface area contributed by atoms with Crippen molar-refractivity contribution < 1.29 is 0 Å². The Hall–Kier alpha value is -2.35. The van der Waals surface area contributed by atoms with E-state index in [2.05, 4.69) is 64.1 Å². The molecule has 0 atom stereocenters. The van der Waals surface area contributed by atoms with Crippen LogP contribution in [0.4, 0.5) is 0 Å². The highest BCUT2D eigenvalue weighted by molar-refractivity contribution is 5.69. The fourth-order valence-electron chi connectivity index (χ4n) is 2.92. The molecule has 0 radical (unpaired) electrons. The van der Waals surface area contributed by atoms with E-state index in [9.17, 15) is 0 Å². The van der Waals surface area contributed by atoms with Crippen LogP contribution in [0.25, 0.3) is 16.8 Å². The molecular formula is C20H22N2. The summed E-state index contributed by atoms with van der Waals surface area (Å²) in [5, 5.41) is 4.73. The third-order valence-electron chi connectivity index (χ3n) is 4.16. The van der Waals surface area contributed by atoms with Crippen molar-refractivity contribution in [2.75, 3.05) is 0 Å². The largest absolute Gasteiger partial charge is 0.237 e. The smallest absolute Gasteiger partial charge is 0.0679 e. The van der Waals surface area contributed by atoms with E-state index >= 15 is 0 Å². The first-order valence-corrected chi connectivity index (χ1v) is 7.80. The molecule has 1 heterocycles. The van der Waals surface area contributed by atoms with Crippen LogP contribution in [0.1, 0.15) is 36.7 Å². The molecule has 0 aliphatic heterocycles. The Morgan fingerprint density at radius 1 is 0.864 bits per heavy atom.